The maximum absolute atomic E-state index is 12.9. The van der Waals surface area contributed by atoms with E-state index in [4.69, 9.17) is 9.26 Å². The number of nitrogens with one attached hydrogen (secondary N) is 1. The zero-order chi connectivity index (χ0) is 22.0. The Bertz CT molecular complexity index is 1270. The van der Waals surface area contributed by atoms with Crippen molar-refractivity contribution in [3.63, 3.8) is 0 Å². The number of hydrogen-bond acceptors (Lipinski definition) is 7. The summed E-state index contributed by atoms with van der Waals surface area (Å²) in [5, 5.41) is 6.91. The molecule has 0 atom stereocenters. The third-order valence-corrected chi connectivity index (χ3v) is 4.86. The maximum Gasteiger partial charge on any atom is 0.274 e. The highest BCUT2D eigenvalue weighted by molar-refractivity contribution is 6.04. The first-order chi connectivity index (χ1) is 14.9. The lowest BCUT2D eigenvalue weighted by Gasteiger charge is -2.09. The van der Waals surface area contributed by atoms with E-state index in [1.54, 1.807) is 35.9 Å². The Morgan fingerprint density at radius 1 is 1.23 bits per heavy atom. The van der Waals surface area contributed by atoms with Crippen molar-refractivity contribution in [2.45, 2.75) is 26.7 Å². The van der Waals surface area contributed by atoms with Crippen LogP contribution in [0.2, 0.25) is 0 Å². The molecule has 0 unspecified atom stereocenters. The summed E-state index contributed by atoms with van der Waals surface area (Å²) in [6.45, 7) is 3.42. The van der Waals surface area contributed by atoms with Gasteiger partial charge >= 0.3 is 0 Å². The zero-order valence-corrected chi connectivity index (χ0v) is 17.4. The third kappa shape index (κ3) is 4.30. The van der Waals surface area contributed by atoms with E-state index >= 15 is 0 Å². The molecule has 0 aliphatic heterocycles. The average molecular weight is 419 g/mol. The molecule has 0 saturated heterocycles. The van der Waals surface area contributed by atoms with Gasteiger partial charge in [-0.05, 0) is 31.5 Å². The van der Waals surface area contributed by atoms with E-state index in [9.17, 15) is 9.59 Å². The predicted molar refractivity (Wildman–Crippen MR) is 113 cm³/mol. The van der Waals surface area contributed by atoms with Crippen molar-refractivity contribution in [1.29, 1.82) is 0 Å². The molecule has 31 heavy (non-hydrogen) atoms. The summed E-state index contributed by atoms with van der Waals surface area (Å²) in [5.74, 6) is 1.23. The van der Waals surface area contributed by atoms with Crippen LogP contribution >= 0.6 is 0 Å². The van der Waals surface area contributed by atoms with Crippen LogP contribution in [-0.4, -0.2) is 38.3 Å². The molecule has 9 heteroatoms. The van der Waals surface area contributed by atoms with Gasteiger partial charge in [0.25, 0.3) is 5.91 Å². The first-order valence-electron chi connectivity index (χ1n) is 9.70. The summed E-state index contributed by atoms with van der Waals surface area (Å²) in [7, 11) is 1.58. The fraction of sp³-hybridized carbons (Fsp3) is 0.227. The van der Waals surface area contributed by atoms with Gasteiger partial charge in [-0.15, -0.1) is 0 Å². The number of anilines is 1. The summed E-state index contributed by atoms with van der Waals surface area (Å²) in [6, 6.07) is 9.03. The standard InChI is InChI=1S/C22H21N5O4/c1-13-4-6-15(21-25-20(31-26-21)7-5-14(2)28)10-17(13)24-22(29)18-12-23-19-11-16(30-3)8-9-27(18)19/h4,6,8-12H,5,7H2,1-3H3,(H,24,29). The van der Waals surface area contributed by atoms with Gasteiger partial charge in [0.2, 0.25) is 11.7 Å². The van der Waals surface area contributed by atoms with E-state index < -0.39 is 0 Å². The number of amides is 1. The lowest BCUT2D eigenvalue weighted by atomic mass is 10.1. The van der Waals surface area contributed by atoms with Crippen molar-refractivity contribution in [1.82, 2.24) is 19.5 Å². The first-order valence-corrected chi connectivity index (χ1v) is 9.70. The number of methoxy groups -OCH3 is 1. The molecule has 0 aliphatic carbocycles. The second-order valence-corrected chi connectivity index (χ2v) is 7.14. The Kier molecular flexibility index (Phi) is 5.48. The van der Waals surface area contributed by atoms with Crippen molar-refractivity contribution in [2.24, 2.45) is 0 Å². The Balaban J connectivity index is 1.56. The predicted octanol–water partition coefficient (Wildman–Crippen LogP) is 3.48. The quantitative estimate of drug-likeness (QED) is 0.488. The van der Waals surface area contributed by atoms with Gasteiger partial charge < -0.3 is 19.4 Å². The van der Waals surface area contributed by atoms with Crippen LogP contribution in [0.3, 0.4) is 0 Å². The Morgan fingerprint density at radius 2 is 2.06 bits per heavy atom. The minimum absolute atomic E-state index is 0.0610. The van der Waals surface area contributed by atoms with Crippen LogP contribution < -0.4 is 10.1 Å². The van der Waals surface area contributed by atoms with E-state index in [0.29, 0.717) is 52.9 Å². The van der Waals surface area contributed by atoms with E-state index in [1.165, 1.54) is 13.1 Å². The summed E-state index contributed by atoms with van der Waals surface area (Å²) >= 11 is 0. The smallest absolute Gasteiger partial charge is 0.274 e. The maximum atomic E-state index is 12.9. The lowest BCUT2D eigenvalue weighted by molar-refractivity contribution is -0.117. The summed E-state index contributed by atoms with van der Waals surface area (Å²) in [5.41, 5.74) is 3.21. The molecule has 0 spiro atoms. The molecule has 1 N–H and O–H groups in total. The van der Waals surface area contributed by atoms with Gasteiger partial charge in [-0.1, -0.05) is 17.3 Å². The number of pyridine rings is 1. The normalized spacial score (nSPS) is 10.9. The van der Waals surface area contributed by atoms with Gasteiger partial charge in [0.15, 0.2) is 0 Å². The minimum Gasteiger partial charge on any atom is -0.497 e. The fourth-order valence-corrected chi connectivity index (χ4v) is 3.10. The average Bonchev–Trinajstić information content (AvgIpc) is 3.40. The number of rotatable bonds is 7. The van der Waals surface area contributed by atoms with Crippen LogP contribution in [0.25, 0.3) is 17.0 Å². The van der Waals surface area contributed by atoms with Crippen LogP contribution in [-0.2, 0) is 11.2 Å². The van der Waals surface area contributed by atoms with Gasteiger partial charge in [0.1, 0.15) is 22.9 Å². The molecular formula is C22H21N5O4. The Labute approximate surface area is 178 Å². The Hall–Kier alpha value is -4.01. The molecule has 0 bridgehead atoms. The summed E-state index contributed by atoms with van der Waals surface area (Å²) in [4.78, 5) is 32.7. The topological polar surface area (TPSA) is 112 Å². The molecule has 4 aromatic rings. The molecule has 158 valence electrons. The molecule has 1 aromatic carbocycles. The Morgan fingerprint density at radius 3 is 2.84 bits per heavy atom. The van der Waals surface area contributed by atoms with Gasteiger partial charge in [-0.2, -0.15) is 4.98 Å². The first kappa shape index (κ1) is 20.3. The van der Waals surface area contributed by atoms with E-state index in [0.717, 1.165) is 5.56 Å². The van der Waals surface area contributed by atoms with Gasteiger partial charge in [0, 0.05) is 36.4 Å². The zero-order valence-electron chi connectivity index (χ0n) is 17.4. The van der Waals surface area contributed by atoms with Crippen LogP contribution in [0, 0.1) is 6.92 Å². The van der Waals surface area contributed by atoms with Crippen molar-refractivity contribution in [3.8, 4) is 17.1 Å². The number of carbonyl (C=O) groups excluding carboxylic acids is 2. The highest BCUT2D eigenvalue weighted by Crippen LogP contribution is 2.25. The van der Waals surface area contributed by atoms with Crippen LogP contribution in [0.1, 0.15) is 35.3 Å². The van der Waals surface area contributed by atoms with Crippen molar-refractivity contribution in [3.05, 3.63) is 59.9 Å². The monoisotopic (exact) mass is 419 g/mol. The highest BCUT2D eigenvalue weighted by Gasteiger charge is 2.16. The third-order valence-electron chi connectivity index (χ3n) is 4.86. The number of nitrogens with zero attached hydrogens (tertiary/aromatic N) is 4. The summed E-state index contributed by atoms with van der Waals surface area (Å²) in [6.07, 6.45) is 4.00. The minimum atomic E-state index is -0.298. The van der Waals surface area contributed by atoms with Crippen molar-refractivity contribution in [2.75, 3.05) is 12.4 Å². The number of aromatic nitrogens is 4. The number of imidazole rings is 1. The number of Topliss-reactive ketones (excluding diaryl/α,β-unsaturated/α-hetero) is 1. The number of aryl methyl sites for hydroxylation is 2. The molecule has 0 fully saturated rings. The van der Waals surface area contributed by atoms with Gasteiger partial charge in [-0.3, -0.25) is 9.20 Å². The number of ketones is 1. The number of fused-ring (bicyclic) bond motifs is 1. The lowest BCUT2D eigenvalue weighted by Crippen LogP contribution is -2.15. The molecular weight excluding hydrogens is 398 g/mol. The number of ether oxygens (including phenoxy) is 1. The molecule has 3 aromatic heterocycles. The molecule has 0 aliphatic rings. The van der Waals surface area contributed by atoms with Crippen LogP contribution in [0.4, 0.5) is 5.69 Å². The van der Waals surface area contributed by atoms with Crippen LogP contribution in [0.15, 0.2) is 47.2 Å². The fourth-order valence-electron chi connectivity index (χ4n) is 3.10. The molecule has 4 rings (SSSR count). The molecule has 3 heterocycles. The summed E-state index contributed by atoms with van der Waals surface area (Å²) < 4.78 is 12.1. The van der Waals surface area contributed by atoms with Crippen LogP contribution in [0.5, 0.6) is 5.75 Å². The van der Waals surface area contributed by atoms with E-state index in [-0.39, 0.29) is 11.7 Å². The SMILES string of the molecule is COc1ccn2c(C(=O)Nc3cc(-c4noc(CCC(C)=O)n4)ccc3C)cnc2c1. The second-order valence-electron chi connectivity index (χ2n) is 7.14. The largest absolute Gasteiger partial charge is 0.497 e. The number of hydrogen-bond donors (Lipinski definition) is 1. The molecule has 1 amide bonds. The van der Waals surface area contributed by atoms with E-state index in [2.05, 4.69) is 20.4 Å². The van der Waals surface area contributed by atoms with Crippen molar-refractivity contribution < 1.29 is 18.8 Å². The van der Waals surface area contributed by atoms with Gasteiger partial charge in [0.05, 0.1) is 13.3 Å². The van der Waals surface area contributed by atoms with Gasteiger partial charge in [-0.25, -0.2) is 4.98 Å². The van der Waals surface area contributed by atoms with E-state index in [1.807, 2.05) is 19.1 Å². The number of benzene rings is 1. The molecule has 0 saturated carbocycles. The second kappa shape index (κ2) is 8.39. The molecule has 9 nitrogen and oxygen atoms in total. The molecule has 0 radical (unpaired) electrons. The van der Waals surface area contributed by atoms with Crippen molar-refractivity contribution >= 4 is 23.0 Å². The number of carbonyl (C=O) groups is 2. The highest BCUT2D eigenvalue weighted by atomic mass is 16.5.